The Kier molecular flexibility index (Phi) is 4.77. The van der Waals surface area contributed by atoms with Crippen LogP contribution in [0, 0.1) is 6.92 Å². The summed E-state index contributed by atoms with van der Waals surface area (Å²) in [6.07, 6.45) is 2.72. The fourth-order valence-electron chi connectivity index (χ4n) is 2.59. The summed E-state index contributed by atoms with van der Waals surface area (Å²) in [5.41, 5.74) is 1.90. The zero-order chi connectivity index (χ0) is 18.8. The highest BCUT2D eigenvalue weighted by molar-refractivity contribution is 6.33. The van der Waals surface area contributed by atoms with Crippen molar-refractivity contribution in [3.8, 4) is 0 Å². The molecule has 0 radical (unpaired) electrons. The fourth-order valence-corrected chi connectivity index (χ4v) is 2.79. The van der Waals surface area contributed by atoms with Crippen molar-refractivity contribution in [2.45, 2.75) is 13.5 Å². The van der Waals surface area contributed by atoms with E-state index in [4.69, 9.17) is 16.7 Å². The molecule has 3 rings (SSSR count). The standard InChI is InChI=1S/C17H16ClN5O3/c1-10-4-3-5-11(6-10)8-23-9-13(18)15(21-23)20-16(24)14-12(17(25)26)7-19-22(14)2/h3-7,9H,8H2,1-2H3,(H,25,26)(H,20,21,24). The van der Waals surface area contributed by atoms with E-state index in [9.17, 15) is 9.59 Å². The highest BCUT2D eigenvalue weighted by Crippen LogP contribution is 2.21. The number of hydrogen-bond acceptors (Lipinski definition) is 4. The van der Waals surface area contributed by atoms with E-state index in [-0.39, 0.29) is 22.1 Å². The molecule has 0 saturated heterocycles. The summed E-state index contributed by atoms with van der Waals surface area (Å²) in [5.74, 6) is -1.73. The Hall–Kier alpha value is -3.13. The summed E-state index contributed by atoms with van der Waals surface area (Å²) in [4.78, 5) is 23.7. The maximum atomic E-state index is 12.4. The molecule has 3 aromatic rings. The molecule has 2 heterocycles. The van der Waals surface area contributed by atoms with Crippen LogP contribution in [-0.4, -0.2) is 36.5 Å². The van der Waals surface area contributed by atoms with Crippen LogP contribution < -0.4 is 5.32 Å². The first-order valence-electron chi connectivity index (χ1n) is 7.70. The molecule has 0 saturated carbocycles. The average Bonchev–Trinajstić information content (AvgIpc) is 3.10. The lowest BCUT2D eigenvalue weighted by molar-refractivity contribution is 0.0692. The smallest absolute Gasteiger partial charge is 0.339 e. The van der Waals surface area contributed by atoms with Crippen molar-refractivity contribution in [2.24, 2.45) is 7.05 Å². The SMILES string of the molecule is Cc1cccc(Cn2cc(Cl)c(NC(=O)c3c(C(=O)O)cnn3C)n2)c1. The zero-order valence-corrected chi connectivity index (χ0v) is 14.9. The van der Waals surface area contributed by atoms with Gasteiger partial charge in [0.25, 0.3) is 5.91 Å². The monoisotopic (exact) mass is 373 g/mol. The van der Waals surface area contributed by atoms with Crippen molar-refractivity contribution in [3.63, 3.8) is 0 Å². The summed E-state index contributed by atoms with van der Waals surface area (Å²) in [6, 6.07) is 7.95. The predicted octanol–water partition coefficient (Wildman–Crippen LogP) is 2.58. The van der Waals surface area contributed by atoms with Crippen molar-refractivity contribution in [1.82, 2.24) is 19.6 Å². The number of aromatic nitrogens is 4. The minimum absolute atomic E-state index is 0.0817. The summed E-state index contributed by atoms with van der Waals surface area (Å²) < 4.78 is 2.80. The summed E-state index contributed by atoms with van der Waals surface area (Å²) >= 11 is 6.15. The van der Waals surface area contributed by atoms with E-state index < -0.39 is 11.9 Å². The number of benzene rings is 1. The maximum absolute atomic E-state index is 12.4. The Labute approximate surface area is 154 Å². The molecule has 1 aromatic carbocycles. The minimum atomic E-state index is -1.24. The van der Waals surface area contributed by atoms with Gasteiger partial charge in [-0.15, -0.1) is 0 Å². The van der Waals surface area contributed by atoms with Crippen molar-refractivity contribution in [2.75, 3.05) is 5.32 Å². The highest BCUT2D eigenvalue weighted by Gasteiger charge is 2.23. The number of amides is 1. The van der Waals surface area contributed by atoms with Crippen LogP contribution in [-0.2, 0) is 13.6 Å². The third-order valence-corrected chi connectivity index (χ3v) is 4.04. The molecule has 2 aromatic heterocycles. The summed E-state index contributed by atoms with van der Waals surface area (Å²) in [5, 5.41) is 20.0. The molecule has 26 heavy (non-hydrogen) atoms. The van der Waals surface area contributed by atoms with Crippen molar-refractivity contribution in [1.29, 1.82) is 0 Å². The molecule has 0 unspecified atom stereocenters. The number of nitrogens with one attached hydrogen (secondary N) is 1. The molecule has 0 bridgehead atoms. The van der Waals surface area contributed by atoms with Crippen LogP contribution in [0.1, 0.15) is 32.0 Å². The van der Waals surface area contributed by atoms with Gasteiger partial charge in [0.2, 0.25) is 0 Å². The highest BCUT2D eigenvalue weighted by atomic mass is 35.5. The molecular formula is C17H16ClN5O3. The molecule has 8 nitrogen and oxygen atoms in total. The lowest BCUT2D eigenvalue weighted by atomic mass is 10.1. The zero-order valence-electron chi connectivity index (χ0n) is 14.1. The number of aryl methyl sites for hydroxylation is 2. The molecule has 0 fully saturated rings. The van der Waals surface area contributed by atoms with E-state index in [0.29, 0.717) is 6.54 Å². The number of carbonyl (C=O) groups excluding carboxylic acids is 1. The first kappa shape index (κ1) is 17.7. The minimum Gasteiger partial charge on any atom is -0.478 e. The van der Waals surface area contributed by atoms with Gasteiger partial charge in [-0.25, -0.2) is 4.79 Å². The Bertz CT molecular complexity index is 992. The quantitative estimate of drug-likeness (QED) is 0.715. The van der Waals surface area contributed by atoms with Gasteiger partial charge in [0.1, 0.15) is 16.3 Å². The van der Waals surface area contributed by atoms with Crippen LogP contribution in [0.3, 0.4) is 0 Å². The van der Waals surface area contributed by atoms with Crippen LogP contribution in [0.5, 0.6) is 0 Å². The largest absolute Gasteiger partial charge is 0.478 e. The van der Waals surface area contributed by atoms with E-state index in [0.717, 1.165) is 17.3 Å². The number of aromatic carboxylic acids is 1. The number of halogens is 1. The van der Waals surface area contributed by atoms with Gasteiger partial charge >= 0.3 is 5.97 Å². The van der Waals surface area contributed by atoms with E-state index in [1.807, 2.05) is 31.2 Å². The second-order valence-corrected chi connectivity index (χ2v) is 6.21. The van der Waals surface area contributed by atoms with Crippen molar-refractivity contribution < 1.29 is 14.7 Å². The third-order valence-electron chi connectivity index (χ3n) is 3.76. The van der Waals surface area contributed by atoms with Crippen LogP contribution in [0.25, 0.3) is 0 Å². The number of carboxylic acid groups (broad SMARTS) is 1. The van der Waals surface area contributed by atoms with E-state index >= 15 is 0 Å². The molecule has 2 N–H and O–H groups in total. The lowest BCUT2D eigenvalue weighted by Gasteiger charge is -2.05. The Morgan fingerprint density at radius 3 is 2.81 bits per heavy atom. The number of hydrogen-bond donors (Lipinski definition) is 2. The molecule has 0 aliphatic carbocycles. The first-order valence-corrected chi connectivity index (χ1v) is 8.08. The van der Waals surface area contributed by atoms with Gasteiger partial charge in [-0.1, -0.05) is 41.4 Å². The Morgan fingerprint density at radius 1 is 1.35 bits per heavy atom. The predicted molar refractivity (Wildman–Crippen MR) is 95.6 cm³/mol. The second-order valence-electron chi connectivity index (χ2n) is 5.80. The molecule has 9 heteroatoms. The van der Waals surface area contributed by atoms with Gasteiger partial charge in [0.15, 0.2) is 5.82 Å². The topological polar surface area (TPSA) is 102 Å². The lowest BCUT2D eigenvalue weighted by Crippen LogP contribution is -2.20. The molecule has 0 aliphatic rings. The van der Waals surface area contributed by atoms with E-state index in [1.165, 1.54) is 11.7 Å². The van der Waals surface area contributed by atoms with Crippen LogP contribution >= 0.6 is 11.6 Å². The summed E-state index contributed by atoms with van der Waals surface area (Å²) in [6.45, 7) is 2.49. The number of nitrogens with zero attached hydrogens (tertiary/aromatic N) is 4. The molecule has 0 spiro atoms. The van der Waals surface area contributed by atoms with E-state index in [2.05, 4.69) is 15.5 Å². The normalized spacial score (nSPS) is 10.7. The second kappa shape index (κ2) is 7.01. The van der Waals surface area contributed by atoms with Gasteiger partial charge in [0, 0.05) is 13.2 Å². The number of rotatable bonds is 5. The van der Waals surface area contributed by atoms with Crippen LogP contribution in [0.15, 0.2) is 36.7 Å². The van der Waals surface area contributed by atoms with Gasteiger partial charge in [0.05, 0.1) is 12.7 Å². The van der Waals surface area contributed by atoms with Gasteiger partial charge in [-0.2, -0.15) is 10.2 Å². The van der Waals surface area contributed by atoms with Gasteiger partial charge in [-0.05, 0) is 12.5 Å². The molecule has 1 amide bonds. The Balaban J connectivity index is 1.81. The maximum Gasteiger partial charge on any atom is 0.339 e. The fraction of sp³-hybridized carbons (Fsp3) is 0.176. The van der Waals surface area contributed by atoms with Crippen LogP contribution in [0.2, 0.25) is 5.02 Å². The van der Waals surface area contributed by atoms with Crippen LogP contribution in [0.4, 0.5) is 5.82 Å². The van der Waals surface area contributed by atoms with Gasteiger partial charge < -0.3 is 10.4 Å². The van der Waals surface area contributed by atoms with Crippen molar-refractivity contribution >= 4 is 29.3 Å². The molecular weight excluding hydrogens is 358 g/mol. The Morgan fingerprint density at radius 2 is 2.12 bits per heavy atom. The number of carboxylic acids is 1. The molecule has 0 atom stereocenters. The number of carbonyl (C=O) groups is 2. The number of anilines is 1. The first-order chi connectivity index (χ1) is 12.3. The molecule has 0 aliphatic heterocycles. The van der Waals surface area contributed by atoms with Gasteiger partial charge in [-0.3, -0.25) is 14.2 Å². The summed E-state index contributed by atoms with van der Waals surface area (Å²) in [7, 11) is 1.49. The average molecular weight is 374 g/mol. The molecule has 134 valence electrons. The van der Waals surface area contributed by atoms with Crippen molar-refractivity contribution in [3.05, 3.63) is 64.1 Å². The third kappa shape index (κ3) is 3.60. The van der Waals surface area contributed by atoms with E-state index in [1.54, 1.807) is 10.9 Å².